The molecular formula is C10H11N3O6. The summed E-state index contributed by atoms with van der Waals surface area (Å²) in [5.74, 6) is -2.14. The number of carboxylic acids is 1. The second-order valence-electron chi connectivity index (χ2n) is 3.57. The number of nitro groups is 1. The molecule has 1 aromatic carbocycles. The zero-order chi connectivity index (χ0) is 14.6. The summed E-state index contributed by atoms with van der Waals surface area (Å²) in [4.78, 5) is 32.1. The maximum Gasteiger partial charge on any atom is 0.335 e. The largest absolute Gasteiger partial charge is 0.478 e. The minimum atomic E-state index is -1.33. The van der Waals surface area contributed by atoms with Crippen molar-refractivity contribution in [2.45, 2.75) is 6.04 Å². The number of anilines is 1. The number of hydrogen-bond acceptors (Lipinski definition) is 6. The summed E-state index contributed by atoms with van der Waals surface area (Å²) in [5, 5.41) is 30.4. The molecule has 0 aliphatic rings. The van der Waals surface area contributed by atoms with E-state index in [-0.39, 0.29) is 11.3 Å². The predicted molar refractivity (Wildman–Crippen MR) is 63.7 cm³/mol. The van der Waals surface area contributed by atoms with Crippen molar-refractivity contribution in [3.05, 3.63) is 33.9 Å². The smallest absolute Gasteiger partial charge is 0.335 e. The molecule has 0 aliphatic carbocycles. The molecule has 0 radical (unpaired) electrons. The Bertz CT molecular complexity index is 530. The Balaban J connectivity index is 3.10. The molecule has 1 rings (SSSR count). The van der Waals surface area contributed by atoms with Crippen molar-refractivity contribution in [1.82, 2.24) is 0 Å². The lowest BCUT2D eigenvalue weighted by atomic mass is 10.1. The van der Waals surface area contributed by atoms with E-state index in [9.17, 15) is 19.7 Å². The van der Waals surface area contributed by atoms with Crippen LogP contribution in [0.4, 0.5) is 11.4 Å². The number of aliphatic hydroxyl groups excluding tert-OH is 1. The van der Waals surface area contributed by atoms with Gasteiger partial charge in [0, 0.05) is 6.07 Å². The Labute approximate surface area is 106 Å². The minimum absolute atomic E-state index is 0.191. The molecule has 5 N–H and O–H groups in total. The highest BCUT2D eigenvalue weighted by atomic mass is 16.6. The highest BCUT2D eigenvalue weighted by Crippen LogP contribution is 2.25. The lowest BCUT2D eigenvalue weighted by Crippen LogP contribution is -2.38. The first-order chi connectivity index (χ1) is 8.86. The van der Waals surface area contributed by atoms with Crippen LogP contribution in [0.1, 0.15) is 10.4 Å². The third kappa shape index (κ3) is 3.47. The summed E-state index contributed by atoms with van der Waals surface area (Å²) in [6, 6.07) is 1.79. The molecule has 0 heterocycles. The molecule has 0 saturated carbocycles. The lowest BCUT2D eigenvalue weighted by Gasteiger charge is -2.10. The van der Waals surface area contributed by atoms with Crippen LogP contribution in [0.5, 0.6) is 0 Å². The zero-order valence-electron chi connectivity index (χ0n) is 9.57. The number of benzene rings is 1. The number of nitrogens with two attached hydrogens (primary N) is 1. The molecule has 19 heavy (non-hydrogen) atoms. The zero-order valence-corrected chi connectivity index (χ0v) is 9.57. The van der Waals surface area contributed by atoms with Crippen molar-refractivity contribution < 1.29 is 24.7 Å². The molecular weight excluding hydrogens is 258 g/mol. The fourth-order valence-electron chi connectivity index (χ4n) is 1.23. The Hall–Kier alpha value is -2.52. The van der Waals surface area contributed by atoms with Crippen LogP contribution in [-0.4, -0.2) is 39.7 Å². The topological polar surface area (TPSA) is 156 Å². The molecule has 0 saturated heterocycles. The van der Waals surface area contributed by atoms with Gasteiger partial charge >= 0.3 is 5.97 Å². The van der Waals surface area contributed by atoms with Crippen LogP contribution in [0, 0.1) is 10.1 Å². The van der Waals surface area contributed by atoms with Crippen molar-refractivity contribution >= 4 is 23.3 Å². The molecule has 0 aliphatic heterocycles. The SMILES string of the molecule is NC(CO)C(=O)Nc1ccc(C(=O)O)cc1[N+](=O)[O-]. The van der Waals surface area contributed by atoms with Gasteiger partial charge < -0.3 is 21.3 Å². The Morgan fingerprint density at radius 3 is 2.58 bits per heavy atom. The van der Waals surface area contributed by atoms with Gasteiger partial charge in [-0.25, -0.2) is 4.79 Å². The Kier molecular flexibility index (Phi) is 4.51. The number of aliphatic hydroxyl groups is 1. The van der Waals surface area contributed by atoms with Gasteiger partial charge in [0.2, 0.25) is 5.91 Å². The summed E-state index contributed by atoms with van der Waals surface area (Å²) < 4.78 is 0. The van der Waals surface area contributed by atoms with E-state index < -0.39 is 35.1 Å². The predicted octanol–water partition coefficient (Wildman–Crippen LogP) is -0.449. The highest BCUT2D eigenvalue weighted by Gasteiger charge is 2.21. The summed E-state index contributed by atoms with van der Waals surface area (Å²) in [5.41, 5.74) is 4.20. The molecule has 1 atom stereocenters. The number of rotatable bonds is 5. The first-order valence-corrected chi connectivity index (χ1v) is 5.06. The van der Waals surface area contributed by atoms with Crippen LogP contribution in [0.15, 0.2) is 18.2 Å². The van der Waals surface area contributed by atoms with Crippen LogP contribution in [-0.2, 0) is 4.79 Å². The number of carboxylic acid groups (broad SMARTS) is 1. The fraction of sp³-hybridized carbons (Fsp3) is 0.200. The molecule has 0 aromatic heterocycles. The van der Waals surface area contributed by atoms with E-state index in [0.29, 0.717) is 0 Å². The van der Waals surface area contributed by atoms with Gasteiger partial charge in [-0.1, -0.05) is 0 Å². The molecule has 9 nitrogen and oxygen atoms in total. The van der Waals surface area contributed by atoms with E-state index in [1.165, 1.54) is 0 Å². The summed E-state index contributed by atoms with van der Waals surface area (Å²) in [6.07, 6.45) is 0. The number of nitrogens with one attached hydrogen (secondary N) is 1. The molecule has 1 unspecified atom stereocenters. The van der Waals surface area contributed by atoms with E-state index >= 15 is 0 Å². The van der Waals surface area contributed by atoms with Crippen LogP contribution < -0.4 is 11.1 Å². The number of amides is 1. The average Bonchev–Trinajstić information content (AvgIpc) is 2.37. The van der Waals surface area contributed by atoms with Gasteiger partial charge in [-0.05, 0) is 12.1 Å². The molecule has 0 fully saturated rings. The maximum atomic E-state index is 11.4. The molecule has 1 amide bonds. The van der Waals surface area contributed by atoms with E-state index in [0.717, 1.165) is 18.2 Å². The van der Waals surface area contributed by atoms with Gasteiger partial charge in [-0.15, -0.1) is 0 Å². The minimum Gasteiger partial charge on any atom is -0.478 e. The van der Waals surface area contributed by atoms with Crippen LogP contribution >= 0.6 is 0 Å². The number of nitrogens with zero attached hydrogens (tertiary/aromatic N) is 1. The van der Waals surface area contributed by atoms with Gasteiger partial charge in [0.15, 0.2) is 0 Å². The third-order valence-corrected chi connectivity index (χ3v) is 2.23. The molecule has 0 spiro atoms. The third-order valence-electron chi connectivity index (χ3n) is 2.23. The maximum absolute atomic E-state index is 11.4. The van der Waals surface area contributed by atoms with Gasteiger partial charge in [-0.2, -0.15) is 0 Å². The quantitative estimate of drug-likeness (QED) is 0.416. The summed E-state index contributed by atoms with van der Waals surface area (Å²) >= 11 is 0. The van der Waals surface area contributed by atoms with Gasteiger partial charge in [0.05, 0.1) is 17.1 Å². The highest BCUT2D eigenvalue weighted by molar-refractivity contribution is 5.98. The number of hydrogen-bond donors (Lipinski definition) is 4. The monoisotopic (exact) mass is 269 g/mol. The standard InChI is InChI=1S/C10H11N3O6/c11-6(4-14)9(15)12-7-2-1-5(10(16)17)3-8(7)13(18)19/h1-3,6,14H,4,11H2,(H,12,15)(H,16,17). The van der Waals surface area contributed by atoms with Crippen LogP contribution in [0.3, 0.4) is 0 Å². The number of carbonyl (C=O) groups is 2. The van der Waals surface area contributed by atoms with E-state index in [1.54, 1.807) is 0 Å². The second-order valence-corrected chi connectivity index (χ2v) is 3.57. The molecule has 0 bridgehead atoms. The normalized spacial score (nSPS) is 11.7. The van der Waals surface area contributed by atoms with E-state index in [2.05, 4.69) is 5.32 Å². The van der Waals surface area contributed by atoms with Crippen molar-refractivity contribution in [3.63, 3.8) is 0 Å². The van der Waals surface area contributed by atoms with Crippen LogP contribution in [0.2, 0.25) is 0 Å². The average molecular weight is 269 g/mol. The number of carbonyl (C=O) groups excluding carboxylic acids is 1. The van der Waals surface area contributed by atoms with Crippen molar-refractivity contribution in [3.8, 4) is 0 Å². The lowest BCUT2D eigenvalue weighted by molar-refractivity contribution is -0.384. The second kappa shape index (κ2) is 5.89. The van der Waals surface area contributed by atoms with Crippen molar-refractivity contribution in [2.24, 2.45) is 5.73 Å². The first kappa shape index (κ1) is 14.5. The summed E-state index contributed by atoms with van der Waals surface area (Å²) in [7, 11) is 0. The van der Waals surface area contributed by atoms with Gasteiger partial charge in [0.1, 0.15) is 11.7 Å². The van der Waals surface area contributed by atoms with Gasteiger partial charge in [-0.3, -0.25) is 14.9 Å². The van der Waals surface area contributed by atoms with Crippen LogP contribution in [0.25, 0.3) is 0 Å². The molecule has 1 aromatic rings. The van der Waals surface area contributed by atoms with Crippen molar-refractivity contribution in [2.75, 3.05) is 11.9 Å². The first-order valence-electron chi connectivity index (χ1n) is 5.06. The fourth-order valence-corrected chi connectivity index (χ4v) is 1.23. The summed E-state index contributed by atoms with van der Waals surface area (Å²) in [6.45, 7) is -0.618. The molecule has 9 heteroatoms. The Morgan fingerprint density at radius 1 is 1.47 bits per heavy atom. The number of nitro benzene ring substituents is 1. The molecule has 102 valence electrons. The Morgan fingerprint density at radius 2 is 2.11 bits per heavy atom. The van der Waals surface area contributed by atoms with E-state index in [4.69, 9.17) is 15.9 Å². The van der Waals surface area contributed by atoms with Gasteiger partial charge in [0.25, 0.3) is 5.69 Å². The van der Waals surface area contributed by atoms with E-state index in [1.807, 2.05) is 0 Å². The number of aromatic carboxylic acids is 1. The van der Waals surface area contributed by atoms with Crippen molar-refractivity contribution in [1.29, 1.82) is 0 Å².